The number of ether oxygens (including phenoxy) is 2. The Morgan fingerprint density at radius 1 is 1.27 bits per heavy atom. The van der Waals surface area contributed by atoms with Crippen LogP contribution in [0.1, 0.15) is 41.8 Å². The van der Waals surface area contributed by atoms with E-state index in [4.69, 9.17) is 14.6 Å². The normalized spacial score (nSPS) is 11.1. The topological polar surface area (TPSA) is 97.8 Å². The number of hydrogen-bond donors (Lipinski definition) is 2. The average molecular weight is 378 g/mol. The molecule has 1 aromatic heterocycles. The van der Waals surface area contributed by atoms with Crippen molar-refractivity contribution in [1.29, 1.82) is 0 Å². The Bertz CT molecular complexity index is 801. The van der Waals surface area contributed by atoms with Crippen LogP contribution in [-0.2, 0) is 10.3 Å². The van der Waals surface area contributed by atoms with Crippen molar-refractivity contribution in [3.05, 3.63) is 39.8 Å². The van der Waals surface area contributed by atoms with Crippen LogP contribution in [-0.4, -0.2) is 35.2 Å². The summed E-state index contributed by atoms with van der Waals surface area (Å²) in [6.07, 6.45) is 0. The molecule has 0 aliphatic carbocycles. The van der Waals surface area contributed by atoms with Crippen LogP contribution in [0.4, 0.5) is 0 Å². The summed E-state index contributed by atoms with van der Waals surface area (Å²) in [5, 5.41) is 14.5. The van der Waals surface area contributed by atoms with E-state index in [1.165, 1.54) is 17.4 Å². The zero-order valence-electron chi connectivity index (χ0n) is 15.2. The van der Waals surface area contributed by atoms with Crippen molar-refractivity contribution in [2.45, 2.75) is 33.2 Å². The Kier molecular flexibility index (Phi) is 6.20. The summed E-state index contributed by atoms with van der Waals surface area (Å²) in [5.74, 6) is -0.770. The van der Waals surface area contributed by atoms with Gasteiger partial charge in [0.1, 0.15) is 5.01 Å². The highest BCUT2D eigenvalue weighted by Crippen LogP contribution is 2.29. The van der Waals surface area contributed by atoms with Crippen LogP contribution >= 0.6 is 11.3 Å². The third-order valence-electron chi connectivity index (χ3n) is 3.44. The van der Waals surface area contributed by atoms with E-state index in [1.807, 2.05) is 26.2 Å². The number of nitrogens with one attached hydrogen (secondary N) is 1. The minimum atomic E-state index is -1.09. The van der Waals surface area contributed by atoms with Gasteiger partial charge in [0.15, 0.2) is 18.1 Å². The molecular formula is C18H22N2O5S. The number of aryl methyl sites for hydroxylation is 1. The van der Waals surface area contributed by atoms with Crippen LogP contribution in [0.3, 0.4) is 0 Å². The maximum atomic E-state index is 12.6. The lowest BCUT2D eigenvalue weighted by molar-refractivity contribution is -0.139. The van der Waals surface area contributed by atoms with Crippen molar-refractivity contribution in [2.75, 3.05) is 13.2 Å². The molecule has 1 amide bonds. The summed E-state index contributed by atoms with van der Waals surface area (Å²) < 4.78 is 10.7. The van der Waals surface area contributed by atoms with Gasteiger partial charge in [-0.05, 0) is 45.9 Å². The van der Waals surface area contributed by atoms with Gasteiger partial charge in [-0.15, -0.1) is 11.3 Å². The van der Waals surface area contributed by atoms with E-state index in [2.05, 4.69) is 10.3 Å². The van der Waals surface area contributed by atoms with Gasteiger partial charge in [-0.25, -0.2) is 9.78 Å². The fourth-order valence-electron chi connectivity index (χ4n) is 2.23. The number of hydrogen-bond acceptors (Lipinski definition) is 6. The molecule has 0 fully saturated rings. The van der Waals surface area contributed by atoms with E-state index in [-0.39, 0.29) is 11.7 Å². The highest BCUT2D eigenvalue weighted by molar-refractivity contribution is 7.09. The molecule has 0 aliphatic heterocycles. The van der Waals surface area contributed by atoms with Gasteiger partial charge in [0.05, 0.1) is 12.1 Å². The first kappa shape index (κ1) is 19.7. The van der Waals surface area contributed by atoms with E-state index in [0.29, 0.717) is 17.9 Å². The minimum Gasteiger partial charge on any atom is -0.490 e. The fourth-order valence-corrected chi connectivity index (χ4v) is 3.10. The lowest BCUT2D eigenvalue weighted by Crippen LogP contribution is -2.41. The van der Waals surface area contributed by atoms with Gasteiger partial charge in [-0.3, -0.25) is 4.79 Å². The highest BCUT2D eigenvalue weighted by atomic mass is 32.1. The molecule has 0 unspecified atom stereocenters. The summed E-state index contributed by atoms with van der Waals surface area (Å²) in [6, 6.07) is 4.64. The van der Waals surface area contributed by atoms with Crippen LogP contribution in [0.5, 0.6) is 11.5 Å². The van der Waals surface area contributed by atoms with Crippen LogP contribution in [0.25, 0.3) is 0 Å². The molecule has 0 bridgehead atoms. The van der Waals surface area contributed by atoms with Crippen LogP contribution in [0.2, 0.25) is 0 Å². The minimum absolute atomic E-state index is 0.278. The summed E-state index contributed by atoms with van der Waals surface area (Å²) in [5.41, 5.74) is 0.670. The van der Waals surface area contributed by atoms with Crippen LogP contribution in [0.15, 0.2) is 23.6 Å². The molecule has 0 saturated carbocycles. The molecule has 0 spiro atoms. The summed E-state index contributed by atoms with van der Waals surface area (Å²) in [6.45, 7) is 7.35. The van der Waals surface area contributed by atoms with Gasteiger partial charge < -0.3 is 19.9 Å². The Morgan fingerprint density at radius 2 is 2.00 bits per heavy atom. The number of carboxylic acids is 1. The van der Waals surface area contributed by atoms with Crippen molar-refractivity contribution in [3.63, 3.8) is 0 Å². The number of aliphatic carboxylic acids is 1. The molecule has 0 saturated heterocycles. The number of carbonyl (C=O) groups is 2. The van der Waals surface area contributed by atoms with Gasteiger partial charge in [-0.2, -0.15) is 0 Å². The number of aromatic nitrogens is 1. The van der Waals surface area contributed by atoms with Gasteiger partial charge in [0.25, 0.3) is 5.91 Å². The fraction of sp³-hybridized carbons (Fsp3) is 0.389. The zero-order chi connectivity index (χ0) is 19.3. The molecule has 2 rings (SSSR count). The van der Waals surface area contributed by atoms with E-state index in [0.717, 1.165) is 10.7 Å². The second-order valence-electron chi connectivity index (χ2n) is 6.15. The van der Waals surface area contributed by atoms with Gasteiger partial charge in [0, 0.05) is 16.6 Å². The summed E-state index contributed by atoms with van der Waals surface area (Å²) >= 11 is 1.49. The first-order chi connectivity index (χ1) is 12.2. The van der Waals surface area contributed by atoms with E-state index in [1.54, 1.807) is 19.1 Å². The Labute approximate surface area is 156 Å². The molecular weight excluding hydrogens is 356 g/mol. The molecule has 140 valence electrons. The largest absolute Gasteiger partial charge is 0.490 e. The maximum Gasteiger partial charge on any atom is 0.341 e. The molecule has 0 atom stereocenters. The monoisotopic (exact) mass is 378 g/mol. The average Bonchev–Trinajstić information content (AvgIpc) is 3.01. The van der Waals surface area contributed by atoms with Crippen LogP contribution < -0.4 is 14.8 Å². The molecule has 0 aliphatic rings. The van der Waals surface area contributed by atoms with Crippen molar-refractivity contribution < 1.29 is 24.2 Å². The van der Waals surface area contributed by atoms with E-state index < -0.39 is 18.1 Å². The molecule has 2 N–H and O–H groups in total. The number of thiazole rings is 1. The third-order valence-corrected chi connectivity index (χ3v) is 4.72. The SMILES string of the molecule is CCOc1cc(C(=O)NC(C)(C)c2nc(C)cs2)ccc1OCC(=O)O. The van der Waals surface area contributed by atoms with Crippen molar-refractivity contribution in [1.82, 2.24) is 10.3 Å². The van der Waals surface area contributed by atoms with E-state index in [9.17, 15) is 9.59 Å². The Balaban J connectivity index is 2.20. The second kappa shape index (κ2) is 8.18. The summed E-state index contributed by atoms with van der Waals surface area (Å²) in [4.78, 5) is 27.8. The van der Waals surface area contributed by atoms with E-state index >= 15 is 0 Å². The molecule has 7 nitrogen and oxygen atoms in total. The highest BCUT2D eigenvalue weighted by Gasteiger charge is 2.27. The molecule has 1 heterocycles. The number of benzene rings is 1. The standard InChI is InChI=1S/C18H22N2O5S/c1-5-24-14-8-12(6-7-13(14)25-9-15(21)22)16(23)20-18(3,4)17-19-11(2)10-26-17/h6-8,10H,5,9H2,1-4H3,(H,20,23)(H,21,22). The quantitative estimate of drug-likeness (QED) is 0.733. The molecule has 8 heteroatoms. The lowest BCUT2D eigenvalue weighted by atomic mass is 10.1. The van der Waals surface area contributed by atoms with Gasteiger partial charge >= 0.3 is 5.97 Å². The first-order valence-electron chi connectivity index (χ1n) is 8.09. The molecule has 2 aromatic rings. The lowest BCUT2D eigenvalue weighted by Gasteiger charge is -2.24. The maximum absolute atomic E-state index is 12.6. The predicted molar refractivity (Wildman–Crippen MR) is 98.1 cm³/mol. The van der Waals surface area contributed by atoms with Gasteiger partial charge in [0.2, 0.25) is 0 Å². The second-order valence-corrected chi connectivity index (χ2v) is 7.01. The van der Waals surface area contributed by atoms with Crippen LogP contribution in [0, 0.1) is 6.92 Å². The molecule has 1 aromatic carbocycles. The van der Waals surface area contributed by atoms with Gasteiger partial charge in [-0.1, -0.05) is 0 Å². The Morgan fingerprint density at radius 3 is 2.58 bits per heavy atom. The number of amides is 1. The predicted octanol–water partition coefficient (Wildman–Crippen LogP) is 2.98. The zero-order valence-corrected chi connectivity index (χ0v) is 16.0. The number of carboxylic acid groups (broad SMARTS) is 1. The van der Waals surface area contributed by atoms with Crippen molar-refractivity contribution >= 4 is 23.2 Å². The number of rotatable bonds is 8. The third kappa shape index (κ3) is 4.95. The first-order valence-corrected chi connectivity index (χ1v) is 8.97. The smallest absolute Gasteiger partial charge is 0.341 e. The van der Waals surface area contributed by atoms with Crippen molar-refractivity contribution in [2.24, 2.45) is 0 Å². The summed E-state index contributed by atoms with van der Waals surface area (Å²) in [7, 11) is 0. The molecule has 26 heavy (non-hydrogen) atoms. The van der Waals surface area contributed by atoms with Crippen molar-refractivity contribution in [3.8, 4) is 11.5 Å². The molecule has 0 radical (unpaired) electrons. The Hall–Kier alpha value is -2.61. The number of carbonyl (C=O) groups excluding carboxylic acids is 1. The number of nitrogens with zero attached hydrogens (tertiary/aromatic N) is 1.